The molecule has 5 nitrogen and oxygen atoms in total. The zero-order valence-electron chi connectivity index (χ0n) is 17.6. The molecule has 0 amide bonds. The number of nitrogens with zero attached hydrogens (tertiary/aromatic N) is 3. The average Bonchev–Trinajstić information content (AvgIpc) is 3.17. The van der Waals surface area contributed by atoms with Crippen LogP contribution in [0.1, 0.15) is 16.7 Å². The van der Waals surface area contributed by atoms with Crippen LogP contribution in [0.15, 0.2) is 42.5 Å². The van der Waals surface area contributed by atoms with E-state index >= 15 is 0 Å². The highest BCUT2D eigenvalue weighted by molar-refractivity contribution is 7.22. The molecule has 0 radical (unpaired) electrons. The molecular formula is C23H24F3N3O2S. The molecule has 2 aromatic carbocycles. The van der Waals surface area contributed by atoms with Crippen LogP contribution in [0.3, 0.4) is 0 Å². The molecule has 2 heterocycles. The zero-order chi connectivity index (χ0) is 22.7. The van der Waals surface area contributed by atoms with Crippen LogP contribution in [0.2, 0.25) is 0 Å². The van der Waals surface area contributed by atoms with Gasteiger partial charge in [-0.15, -0.1) is 0 Å². The Morgan fingerprint density at radius 1 is 1.19 bits per heavy atom. The summed E-state index contributed by atoms with van der Waals surface area (Å²) in [5, 5.41) is 0.717. The van der Waals surface area contributed by atoms with Crippen molar-refractivity contribution in [3.8, 4) is 0 Å². The minimum Gasteiger partial charge on any atom is -0.382 e. The van der Waals surface area contributed by atoms with Crippen molar-refractivity contribution in [3.63, 3.8) is 0 Å². The minimum atomic E-state index is -4.37. The molecule has 1 saturated heterocycles. The highest BCUT2D eigenvalue weighted by Gasteiger charge is 2.32. The highest BCUT2D eigenvalue weighted by Crippen LogP contribution is 2.36. The Balaban J connectivity index is 1.51. The number of piperazine rings is 1. The lowest BCUT2D eigenvalue weighted by atomic mass is 10.1. The Labute approximate surface area is 188 Å². The van der Waals surface area contributed by atoms with Crippen LogP contribution in [-0.2, 0) is 28.7 Å². The first-order valence-corrected chi connectivity index (χ1v) is 11.2. The number of methoxy groups -OCH3 is 1. The summed E-state index contributed by atoms with van der Waals surface area (Å²) >= 11 is 1.28. The molecule has 170 valence electrons. The number of aldehydes is 1. The van der Waals surface area contributed by atoms with Gasteiger partial charge in [-0.3, -0.25) is 4.90 Å². The van der Waals surface area contributed by atoms with E-state index in [0.717, 1.165) is 43.1 Å². The van der Waals surface area contributed by atoms with Gasteiger partial charge in [0, 0.05) is 39.7 Å². The first kappa shape index (κ1) is 22.7. The molecular weight excluding hydrogens is 439 g/mol. The van der Waals surface area contributed by atoms with Crippen molar-refractivity contribution in [2.75, 3.05) is 38.3 Å². The molecule has 1 aromatic heterocycles. The maximum atomic E-state index is 13.1. The predicted octanol–water partition coefficient (Wildman–Crippen LogP) is 4.39. The number of aromatic nitrogens is 1. The smallest absolute Gasteiger partial charge is 0.382 e. The number of hydrogen-bond donors (Lipinski definition) is 0. The molecule has 1 aliphatic heterocycles. The van der Waals surface area contributed by atoms with Gasteiger partial charge in [0.1, 0.15) is 6.29 Å². The molecule has 0 bridgehead atoms. The van der Waals surface area contributed by atoms with E-state index in [9.17, 15) is 18.0 Å². The second-order valence-corrected chi connectivity index (χ2v) is 8.91. The van der Waals surface area contributed by atoms with Gasteiger partial charge in [0.15, 0.2) is 5.13 Å². The van der Waals surface area contributed by atoms with Crippen molar-refractivity contribution in [2.45, 2.75) is 25.2 Å². The van der Waals surface area contributed by atoms with Crippen LogP contribution in [0.5, 0.6) is 0 Å². The zero-order valence-corrected chi connectivity index (χ0v) is 18.5. The van der Waals surface area contributed by atoms with E-state index in [-0.39, 0.29) is 6.04 Å². The minimum absolute atomic E-state index is 0.0366. The number of rotatable bonds is 7. The van der Waals surface area contributed by atoms with Crippen molar-refractivity contribution in [2.24, 2.45) is 0 Å². The number of thiazole rings is 1. The summed E-state index contributed by atoms with van der Waals surface area (Å²) in [6.07, 6.45) is -3.06. The summed E-state index contributed by atoms with van der Waals surface area (Å²) in [4.78, 5) is 19.9. The number of ether oxygens (including phenoxy) is 1. The fraction of sp³-hybridized carbons (Fsp3) is 0.391. The van der Waals surface area contributed by atoms with E-state index in [2.05, 4.69) is 26.9 Å². The molecule has 9 heteroatoms. The second kappa shape index (κ2) is 9.56. The molecule has 1 atom stereocenters. The molecule has 32 heavy (non-hydrogen) atoms. The quantitative estimate of drug-likeness (QED) is 0.487. The fourth-order valence-corrected chi connectivity index (χ4v) is 5.17. The van der Waals surface area contributed by atoms with Crippen molar-refractivity contribution in [1.82, 2.24) is 9.88 Å². The van der Waals surface area contributed by atoms with E-state index in [0.29, 0.717) is 34.9 Å². The Morgan fingerprint density at radius 2 is 2.00 bits per heavy atom. The Kier molecular flexibility index (Phi) is 6.78. The number of alkyl halides is 3. The number of anilines is 1. The first-order valence-electron chi connectivity index (χ1n) is 10.3. The molecule has 0 aliphatic carbocycles. The Bertz CT molecular complexity index is 1090. The third-order valence-electron chi connectivity index (χ3n) is 5.59. The maximum absolute atomic E-state index is 13.1. The molecule has 0 spiro atoms. The largest absolute Gasteiger partial charge is 0.416 e. The van der Waals surface area contributed by atoms with Gasteiger partial charge < -0.3 is 14.4 Å². The summed E-state index contributed by atoms with van der Waals surface area (Å²) in [5.74, 6) is 0. The SMILES string of the molecule is COC[C@@H]1CN(Cc2cccc(CC=O)c2)CCN1c1nc2ccc(C(F)(F)F)cc2s1. The summed E-state index contributed by atoms with van der Waals surface area (Å²) in [5.41, 5.74) is 2.06. The van der Waals surface area contributed by atoms with Crippen LogP contribution in [0.25, 0.3) is 10.2 Å². The van der Waals surface area contributed by atoms with Gasteiger partial charge in [0.2, 0.25) is 0 Å². The van der Waals surface area contributed by atoms with E-state index in [1.54, 1.807) is 7.11 Å². The summed E-state index contributed by atoms with van der Waals surface area (Å²) in [6, 6.07) is 11.7. The lowest BCUT2D eigenvalue weighted by Crippen LogP contribution is -2.54. The van der Waals surface area contributed by atoms with Crippen molar-refractivity contribution < 1.29 is 22.7 Å². The first-order chi connectivity index (χ1) is 15.4. The lowest BCUT2D eigenvalue weighted by molar-refractivity contribution is -0.137. The van der Waals surface area contributed by atoms with Gasteiger partial charge in [0.05, 0.1) is 28.4 Å². The number of carbonyl (C=O) groups is 1. The topological polar surface area (TPSA) is 45.7 Å². The molecule has 0 saturated carbocycles. The van der Waals surface area contributed by atoms with E-state index in [1.807, 2.05) is 12.1 Å². The summed E-state index contributed by atoms with van der Waals surface area (Å²) in [7, 11) is 1.65. The van der Waals surface area contributed by atoms with Gasteiger partial charge in [-0.05, 0) is 29.3 Å². The van der Waals surface area contributed by atoms with Crippen LogP contribution < -0.4 is 4.90 Å². The Morgan fingerprint density at radius 3 is 2.75 bits per heavy atom. The molecule has 4 rings (SSSR count). The van der Waals surface area contributed by atoms with E-state index < -0.39 is 11.7 Å². The highest BCUT2D eigenvalue weighted by atomic mass is 32.1. The average molecular weight is 464 g/mol. The summed E-state index contributed by atoms with van der Waals surface area (Å²) < 4.78 is 45.2. The fourth-order valence-electron chi connectivity index (χ4n) is 4.07. The van der Waals surface area contributed by atoms with Crippen LogP contribution in [0, 0.1) is 0 Å². The predicted molar refractivity (Wildman–Crippen MR) is 119 cm³/mol. The lowest BCUT2D eigenvalue weighted by Gasteiger charge is -2.41. The van der Waals surface area contributed by atoms with Crippen molar-refractivity contribution >= 4 is 33.0 Å². The molecule has 0 N–H and O–H groups in total. The van der Waals surface area contributed by atoms with E-state index in [1.165, 1.54) is 23.5 Å². The Hall–Kier alpha value is -2.49. The van der Waals surface area contributed by atoms with Gasteiger partial charge in [-0.25, -0.2) is 4.98 Å². The van der Waals surface area contributed by atoms with Gasteiger partial charge in [-0.2, -0.15) is 13.2 Å². The number of hydrogen-bond acceptors (Lipinski definition) is 6. The standard InChI is InChI=1S/C23H24F3N3O2S/c1-31-15-19-14-28(13-17-4-2-3-16(11-17)7-10-30)8-9-29(19)22-27-20-6-5-18(23(24,25)26)12-21(20)32-22/h2-6,10-12,19H,7-9,13-15H2,1H3/t19-/m0/s1. The number of fused-ring (bicyclic) bond motifs is 1. The molecule has 0 unspecified atom stereocenters. The van der Waals surface area contributed by atoms with E-state index in [4.69, 9.17) is 4.74 Å². The number of halogens is 3. The number of carbonyl (C=O) groups excluding carboxylic acids is 1. The van der Waals surface area contributed by atoms with Gasteiger partial charge >= 0.3 is 6.18 Å². The van der Waals surface area contributed by atoms with Crippen molar-refractivity contribution in [1.29, 1.82) is 0 Å². The summed E-state index contributed by atoms with van der Waals surface area (Å²) in [6.45, 7) is 3.49. The van der Waals surface area contributed by atoms with Crippen LogP contribution >= 0.6 is 11.3 Å². The number of benzene rings is 2. The third kappa shape index (κ3) is 5.11. The second-order valence-electron chi connectivity index (χ2n) is 7.91. The van der Waals surface area contributed by atoms with Crippen molar-refractivity contribution in [3.05, 3.63) is 59.2 Å². The van der Waals surface area contributed by atoms with Crippen LogP contribution in [0.4, 0.5) is 18.3 Å². The van der Waals surface area contributed by atoms with Gasteiger partial charge in [0.25, 0.3) is 0 Å². The monoisotopic (exact) mass is 463 g/mol. The molecule has 1 aliphatic rings. The third-order valence-corrected chi connectivity index (χ3v) is 6.65. The van der Waals surface area contributed by atoms with Gasteiger partial charge in [-0.1, -0.05) is 35.6 Å². The normalized spacial score (nSPS) is 17.8. The molecule has 3 aromatic rings. The maximum Gasteiger partial charge on any atom is 0.416 e. The molecule has 1 fully saturated rings. The van der Waals surface area contributed by atoms with Crippen LogP contribution in [-0.4, -0.2) is 55.6 Å².